The number of hydrogen-bond donors (Lipinski definition) is 3. The van der Waals surface area contributed by atoms with Gasteiger partial charge >= 0.3 is 0 Å². The van der Waals surface area contributed by atoms with Crippen LogP contribution in [0, 0.1) is 0 Å². The highest BCUT2D eigenvalue weighted by Crippen LogP contribution is 2.18. The fraction of sp³-hybridized carbons (Fsp3) is 1.00. The zero-order valence-electron chi connectivity index (χ0n) is 8.15. The maximum atomic E-state index is 8.78. The molecule has 0 aromatic rings. The molecule has 0 spiro atoms. The number of nitrogens with one attached hydrogen (secondary N) is 2. The monoisotopic (exact) mass is 160 g/mol. The molecule has 0 aliphatic carbocycles. The third-order valence-corrected chi connectivity index (χ3v) is 1.86. The number of hydrogen-bond acceptors (Lipinski definition) is 3. The number of rotatable bonds is 4. The Kier molecular flexibility index (Phi) is 3.48. The van der Waals surface area contributed by atoms with Crippen molar-refractivity contribution in [3.05, 3.63) is 0 Å². The molecule has 0 aromatic carbocycles. The molecule has 0 aromatic heterocycles. The molecule has 0 unspecified atom stereocenters. The molecular formula is C8H20N2O. The minimum Gasteiger partial charge on any atom is -0.316 e. The smallest absolute Gasteiger partial charge is 0.0391 e. The lowest BCUT2D eigenvalue weighted by molar-refractivity contribution is 0.0616. The summed E-state index contributed by atoms with van der Waals surface area (Å²) in [6.07, 6.45) is 0.868. The first kappa shape index (κ1) is 10.9. The summed E-state index contributed by atoms with van der Waals surface area (Å²) >= 11 is 0. The van der Waals surface area contributed by atoms with Gasteiger partial charge in [-0.25, -0.2) is 0 Å². The molecule has 0 atom stereocenters. The van der Waals surface area contributed by atoms with Crippen molar-refractivity contribution in [3.8, 4) is 0 Å². The molecular weight excluding hydrogens is 140 g/mol. The Balaban J connectivity index is 4.02. The molecule has 0 bridgehead atoms. The van der Waals surface area contributed by atoms with Gasteiger partial charge in [-0.3, -0.25) is 0 Å². The summed E-state index contributed by atoms with van der Waals surface area (Å²) in [5.41, 5.74) is 2.12. The summed E-state index contributed by atoms with van der Waals surface area (Å²) in [7, 11) is 1.92. The summed E-state index contributed by atoms with van der Waals surface area (Å²) in [5, 5.41) is 12.0. The molecule has 0 aliphatic rings. The maximum absolute atomic E-state index is 8.78. The van der Waals surface area contributed by atoms with Gasteiger partial charge in [0.25, 0.3) is 0 Å². The first-order chi connectivity index (χ1) is 4.83. The van der Waals surface area contributed by atoms with E-state index in [-0.39, 0.29) is 11.1 Å². The van der Waals surface area contributed by atoms with Crippen LogP contribution in [0.25, 0.3) is 0 Å². The molecule has 0 saturated carbocycles. The van der Waals surface area contributed by atoms with Crippen molar-refractivity contribution in [2.45, 2.75) is 45.2 Å². The van der Waals surface area contributed by atoms with Gasteiger partial charge in [0, 0.05) is 11.1 Å². The average Bonchev–Trinajstić information content (AvgIpc) is 1.86. The van der Waals surface area contributed by atoms with Crippen LogP contribution in [0.1, 0.15) is 34.1 Å². The van der Waals surface area contributed by atoms with Crippen molar-refractivity contribution in [2.75, 3.05) is 7.05 Å². The Bertz CT molecular complexity index is 107. The lowest BCUT2D eigenvalue weighted by Crippen LogP contribution is -2.48. The van der Waals surface area contributed by atoms with Gasteiger partial charge in [-0.2, -0.15) is 5.48 Å². The van der Waals surface area contributed by atoms with Gasteiger partial charge in [-0.1, -0.05) is 0 Å². The molecule has 68 valence electrons. The molecule has 3 N–H and O–H groups in total. The Morgan fingerprint density at radius 3 is 1.82 bits per heavy atom. The Hall–Kier alpha value is -0.120. The molecule has 3 heteroatoms. The maximum Gasteiger partial charge on any atom is 0.0391 e. The Labute approximate surface area is 69.1 Å². The molecule has 3 nitrogen and oxygen atoms in total. The summed E-state index contributed by atoms with van der Waals surface area (Å²) in [6.45, 7) is 8.14. The van der Waals surface area contributed by atoms with Gasteiger partial charge in [0.1, 0.15) is 0 Å². The molecule has 0 heterocycles. The summed E-state index contributed by atoms with van der Waals surface area (Å²) in [4.78, 5) is 0. The van der Waals surface area contributed by atoms with E-state index in [0.29, 0.717) is 0 Å². The van der Waals surface area contributed by atoms with E-state index in [1.54, 1.807) is 0 Å². The van der Waals surface area contributed by atoms with Crippen molar-refractivity contribution < 1.29 is 5.21 Å². The van der Waals surface area contributed by atoms with Gasteiger partial charge in [0.05, 0.1) is 0 Å². The van der Waals surface area contributed by atoms with Crippen LogP contribution in [0.4, 0.5) is 0 Å². The normalized spacial score (nSPS) is 13.6. The van der Waals surface area contributed by atoms with Gasteiger partial charge in [-0.05, 0) is 41.2 Å². The summed E-state index contributed by atoms with van der Waals surface area (Å²) in [5.74, 6) is 0. The Morgan fingerprint density at radius 1 is 1.09 bits per heavy atom. The van der Waals surface area contributed by atoms with E-state index < -0.39 is 0 Å². The number of hydroxylamine groups is 1. The van der Waals surface area contributed by atoms with Gasteiger partial charge in [0.2, 0.25) is 0 Å². The zero-order valence-corrected chi connectivity index (χ0v) is 8.15. The van der Waals surface area contributed by atoms with Crippen LogP contribution in [0.3, 0.4) is 0 Å². The molecule has 0 radical (unpaired) electrons. The zero-order chi connectivity index (χ0) is 9.12. The lowest BCUT2D eigenvalue weighted by Gasteiger charge is -2.33. The third-order valence-electron chi connectivity index (χ3n) is 1.86. The fourth-order valence-electron chi connectivity index (χ4n) is 1.23. The van der Waals surface area contributed by atoms with Crippen molar-refractivity contribution in [3.63, 3.8) is 0 Å². The second kappa shape index (κ2) is 3.52. The molecule has 0 aliphatic heterocycles. The Morgan fingerprint density at radius 2 is 1.55 bits per heavy atom. The quantitative estimate of drug-likeness (QED) is 0.540. The van der Waals surface area contributed by atoms with Crippen LogP contribution < -0.4 is 10.8 Å². The minimum absolute atomic E-state index is 0.0548. The molecule has 11 heavy (non-hydrogen) atoms. The average molecular weight is 160 g/mol. The van der Waals surface area contributed by atoms with Gasteiger partial charge < -0.3 is 10.5 Å². The van der Waals surface area contributed by atoms with Crippen molar-refractivity contribution in [1.82, 2.24) is 10.8 Å². The molecule has 0 rings (SSSR count). The van der Waals surface area contributed by atoms with Crippen LogP contribution in [0.5, 0.6) is 0 Å². The predicted molar refractivity (Wildman–Crippen MR) is 46.8 cm³/mol. The largest absolute Gasteiger partial charge is 0.316 e. The first-order valence-corrected chi connectivity index (χ1v) is 3.93. The molecule has 0 saturated heterocycles. The highest BCUT2D eigenvalue weighted by Gasteiger charge is 2.26. The molecule has 0 amide bonds. The third kappa shape index (κ3) is 4.35. The van der Waals surface area contributed by atoms with E-state index in [0.717, 1.165) is 6.42 Å². The van der Waals surface area contributed by atoms with Crippen molar-refractivity contribution >= 4 is 0 Å². The highest BCUT2D eigenvalue weighted by molar-refractivity contribution is 4.86. The SMILES string of the molecule is CNC(C)(C)CC(C)(C)NO. The van der Waals surface area contributed by atoms with E-state index in [9.17, 15) is 0 Å². The summed E-state index contributed by atoms with van der Waals surface area (Å²) in [6, 6.07) is 0. The van der Waals surface area contributed by atoms with E-state index >= 15 is 0 Å². The lowest BCUT2D eigenvalue weighted by atomic mass is 9.88. The van der Waals surface area contributed by atoms with Gasteiger partial charge in [0.15, 0.2) is 0 Å². The second-order valence-corrected chi connectivity index (χ2v) is 4.31. The van der Waals surface area contributed by atoms with E-state index in [4.69, 9.17) is 5.21 Å². The van der Waals surface area contributed by atoms with Gasteiger partial charge in [-0.15, -0.1) is 0 Å². The predicted octanol–water partition coefficient (Wildman–Crippen LogP) is 1.13. The standard InChI is InChI=1S/C8H20N2O/c1-7(2,9-5)6-8(3,4)10-11/h9-11H,6H2,1-5H3. The van der Waals surface area contributed by atoms with Crippen LogP contribution in [0.15, 0.2) is 0 Å². The van der Waals surface area contributed by atoms with E-state index in [2.05, 4.69) is 24.6 Å². The van der Waals surface area contributed by atoms with Crippen LogP contribution in [-0.4, -0.2) is 23.3 Å². The van der Waals surface area contributed by atoms with Crippen LogP contribution in [-0.2, 0) is 0 Å². The topological polar surface area (TPSA) is 44.3 Å². The summed E-state index contributed by atoms with van der Waals surface area (Å²) < 4.78 is 0. The fourth-order valence-corrected chi connectivity index (χ4v) is 1.23. The van der Waals surface area contributed by atoms with E-state index in [1.165, 1.54) is 0 Å². The van der Waals surface area contributed by atoms with Crippen LogP contribution >= 0.6 is 0 Å². The van der Waals surface area contributed by atoms with Crippen molar-refractivity contribution in [1.29, 1.82) is 0 Å². The van der Waals surface area contributed by atoms with Crippen LogP contribution in [0.2, 0.25) is 0 Å². The van der Waals surface area contributed by atoms with Crippen molar-refractivity contribution in [2.24, 2.45) is 0 Å². The minimum atomic E-state index is -0.230. The first-order valence-electron chi connectivity index (χ1n) is 3.93. The highest BCUT2D eigenvalue weighted by atomic mass is 16.5. The molecule has 0 fully saturated rings. The second-order valence-electron chi connectivity index (χ2n) is 4.31. The van der Waals surface area contributed by atoms with E-state index in [1.807, 2.05) is 20.9 Å².